The summed E-state index contributed by atoms with van der Waals surface area (Å²) < 4.78 is 5.46. The van der Waals surface area contributed by atoms with Gasteiger partial charge in [0.05, 0.1) is 13.2 Å². The van der Waals surface area contributed by atoms with Crippen molar-refractivity contribution < 1.29 is 4.74 Å². The summed E-state index contributed by atoms with van der Waals surface area (Å²) in [6.07, 6.45) is 12.1. The highest BCUT2D eigenvalue weighted by atomic mass is 16.5. The molecule has 0 aromatic rings. The highest BCUT2D eigenvalue weighted by Gasteiger charge is 2.10. The quantitative estimate of drug-likeness (QED) is 0.663. The van der Waals surface area contributed by atoms with Crippen LogP contribution in [0.15, 0.2) is 35.5 Å². The second-order valence-electron chi connectivity index (χ2n) is 3.54. The number of allylic oxidation sites excluding steroid dienone is 4. The van der Waals surface area contributed by atoms with Gasteiger partial charge in [-0.15, -0.1) is 0 Å². The van der Waals surface area contributed by atoms with E-state index in [-0.39, 0.29) is 0 Å². The fourth-order valence-electron chi connectivity index (χ4n) is 1.53. The van der Waals surface area contributed by atoms with Crippen molar-refractivity contribution in [2.75, 3.05) is 13.2 Å². The maximum absolute atomic E-state index is 5.46. The normalized spacial score (nSPS) is 23.9. The van der Waals surface area contributed by atoms with E-state index in [0.29, 0.717) is 0 Å². The minimum Gasteiger partial charge on any atom is -0.376 e. The molecule has 1 saturated heterocycles. The molecule has 78 valence electrons. The number of hydrogen-bond acceptors (Lipinski definition) is 1. The first-order valence-corrected chi connectivity index (χ1v) is 5.47. The first-order valence-electron chi connectivity index (χ1n) is 5.47. The number of rotatable bonds is 3. The first kappa shape index (κ1) is 11.3. The van der Waals surface area contributed by atoms with Crippen LogP contribution in [0.3, 0.4) is 0 Å². The fourth-order valence-corrected chi connectivity index (χ4v) is 1.53. The van der Waals surface area contributed by atoms with E-state index >= 15 is 0 Å². The van der Waals surface area contributed by atoms with E-state index in [1.807, 2.05) is 6.92 Å². The van der Waals surface area contributed by atoms with E-state index in [0.717, 1.165) is 26.1 Å². The third-order valence-corrected chi connectivity index (χ3v) is 2.36. The minimum absolute atomic E-state index is 0.795. The summed E-state index contributed by atoms with van der Waals surface area (Å²) in [5.41, 5.74) is 2.83. The van der Waals surface area contributed by atoms with Gasteiger partial charge in [-0.2, -0.15) is 0 Å². The smallest absolute Gasteiger partial charge is 0.0716 e. The van der Waals surface area contributed by atoms with Crippen LogP contribution in [0.4, 0.5) is 0 Å². The standard InChI is InChI=1S/C13H20O/c1-3-5-7-12-9-10-14-11-13(12)8-6-4-2/h3,5,7-8H,4,6,9-11H2,1-2H3/b5-3+,12-7-,13-8-. The van der Waals surface area contributed by atoms with E-state index in [1.165, 1.54) is 17.6 Å². The van der Waals surface area contributed by atoms with Crippen LogP contribution >= 0.6 is 0 Å². The average Bonchev–Trinajstić information content (AvgIpc) is 2.24. The van der Waals surface area contributed by atoms with E-state index in [2.05, 4.69) is 31.2 Å². The van der Waals surface area contributed by atoms with E-state index in [9.17, 15) is 0 Å². The highest BCUT2D eigenvalue weighted by molar-refractivity contribution is 5.35. The predicted octanol–water partition coefficient (Wildman–Crippen LogP) is 3.64. The Labute approximate surface area is 87.2 Å². The molecule has 0 aliphatic carbocycles. The number of unbranched alkanes of at least 4 members (excludes halogenated alkanes) is 1. The molecule has 1 heterocycles. The maximum Gasteiger partial charge on any atom is 0.0716 e. The molecule has 0 aromatic heterocycles. The third-order valence-electron chi connectivity index (χ3n) is 2.36. The summed E-state index contributed by atoms with van der Waals surface area (Å²) in [6, 6.07) is 0. The van der Waals surface area contributed by atoms with Gasteiger partial charge in [-0.25, -0.2) is 0 Å². The molecule has 0 bridgehead atoms. The molecule has 0 aromatic carbocycles. The van der Waals surface area contributed by atoms with Crippen molar-refractivity contribution in [2.45, 2.75) is 33.1 Å². The van der Waals surface area contributed by atoms with Crippen molar-refractivity contribution in [2.24, 2.45) is 0 Å². The molecule has 0 saturated carbocycles. The molecule has 1 aliphatic heterocycles. The Hall–Kier alpha value is -0.820. The Morgan fingerprint density at radius 2 is 2.21 bits per heavy atom. The van der Waals surface area contributed by atoms with Crippen molar-refractivity contribution in [3.63, 3.8) is 0 Å². The lowest BCUT2D eigenvalue weighted by Crippen LogP contribution is -2.11. The summed E-state index contributed by atoms with van der Waals surface area (Å²) in [5.74, 6) is 0. The van der Waals surface area contributed by atoms with Gasteiger partial charge in [0.1, 0.15) is 0 Å². The van der Waals surface area contributed by atoms with Crippen molar-refractivity contribution in [1.82, 2.24) is 0 Å². The molecule has 1 heteroatoms. The maximum atomic E-state index is 5.46. The zero-order valence-corrected chi connectivity index (χ0v) is 9.25. The Kier molecular flexibility index (Phi) is 5.31. The van der Waals surface area contributed by atoms with Crippen molar-refractivity contribution >= 4 is 0 Å². The summed E-state index contributed by atoms with van der Waals surface area (Å²) in [6.45, 7) is 5.91. The van der Waals surface area contributed by atoms with Gasteiger partial charge >= 0.3 is 0 Å². The molecule has 1 aliphatic rings. The van der Waals surface area contributed by atoms with Crippen LogP contribution in [0.25, 0.3) is 0 Å². The van der Waals surface area contributed by atoms with Crippen LogP contribution < -0.4 is 0 Å². The van der Waals surface area contributed by atoms with Crippen molar-refractivity contribution in [1.29, 1.82) is 0 Å². The molecule has 0 unspecified atom stereocenters. The minimum atomic E-state index is 0.795. The molecule has 1 nitrogen and oxygen atoms in total. The molecule has 14 heavy (non-hydrogen) atoms. The van der Waals surface area contributed by atoms with E-state index in [4.69, 9.17) is 4.74 Å². The number of ether oxygens (including phenoxy) is 1. The summed E-state index contributed by atoms with van der Waals surface area (Å²) in [4.78, 5) is 0. The lowest BCUT2D eigenvalue weighted by molar-refractivity contribution is 0.145. The highest BCUT2D eigenvalue weighted by Crippen LogP contribution is 2.20. The van der Waals surface area contributed by atoms with Crippen LogP contribution in [0.5, 0.6) is 0 Å². The Morgan fingerprint density at radius 1 is 1.36 bits per heavy atom. The molecule has 0 atom stereocenters. The van der Waals surface area contributed by atoms with E-state index in [1.54, 1.807) is 0 Å². The lowest BCUT2D eigenvalue weighted by atomic mass is 9.99. The average molecular weight is 192 g/mol. The van der Waals surface area contributed by atoms with Crippen molar-refractivity contribution in [3.05, 3.63) is 35.5 Å². The Bertz CT molecular complexity index is 246. The van der Waals surface area contributed by atoms with E-state index < -0.39 is 0 Å². The third kappa shape index (κ3) is 3.51. The van der Waals surface area contributed by atoms with Gasteiger partial charge in [0.25, 0.3) is 0 Å². The van der Waals surface area contributed by atoms with Gasteiger partial charge < -0.3 is 4.74 Å². The molecule has 0 spiro atoms. The van der Waals surface area contributed by atoms with Gasteiger partial charge in [0.15, 0.2) is 0 Å². The largest absolute Gasteiger partial charge is 0.376 e. The molecule has 0 radical (unpaired) electrons. The summed E-state index contributed by atoms with van der Waals surface area (Å²) in [5, 5.41) is 0. The van der Waals surface area contributed by atoms with Gasteiger partial charge in [-0.1, -0.05) is 37.6 Å². The topological polar surface area (TPSA) is 9.23 Å². The van der Waals surface area contributed by atoms with Crippen LogP contribution in [0.1, 0.15) is 33.1 Å². The predicted molar refractivity (Wildman–Crippen MR) is 61.3 cm³/mol. The van der Waals surface area contributed by atoms with Crippen LogP contribution in [0, 0.1) is 0 Å². The van der Waals surface area contributed by atoms with Gasteiger partial charge in [0, 0.05) is 0 Å². The Balaban J connectivity index is 2.68. The van der Waals surface area contributed by atoms with Gasteiger partial charge in [0.2, 0.25) is 0 Å². The zero-order valence-electron chi connectivity index (χ0n) is 9.25. The lowest BCUT2D eigenvalue weighted by Gasteiger charge is -2.18. The molecule has 0 N–H and O–H groups in total. The monoisotopic (exact) mass is 192 g/mol. The SMILES string of the molecule is C/C=C/C=C1/CCOC/C1=C/CCC. The fraction of sp³-hybridized carbons (Fsp3) is 0.538. The molecular weight excluding hydrogens is 172 g/mol. The van der Waals surface area contributed by atoms with Crippen LogP contribution in [0.2, 0.25) is 0 Å². The molecule has 1 rings (SSSR count). The molecule has 0 amide bonds. The van der Waals surface area contributed by atoms with Crippen LogP contribution in [-0.4, -0.2) is 13.2 Å². The van der Waals surface area contributed by atoms with Gasteiger partial charge in [-0.3, -0.25) is 0 Å². The van der Waals surface area contributed by atoms with Gasteiger partial charge in [-0.05, 0) is 30.9 Å². The van der Waals surface area contributed by atoms with Crippen molar-refractivity contribution in [3.8, 4) is 0 Å². The number of hydrogen-bond donors (Lipinski definition) is 0. The van der Waals surface area contributed by atoms with Crippen LogP contribution in [-0.2, 0) is 4.74 Å². The molecule has 1 fully saturated rings. The zero-order chi connectivity index (χ0) is 10.2. The Morgan fingerprint density at radius 3 is 2.93 bits per heavy atom. The summed E-state index contributed by atoms with van der Waals surface area (Å²) >= 11 is 0. The molecular formula is C13H20O. The second kappa shape index (κ2) is 6.61. The second-order valence-corrected chi connectivity index (χ2v) is 3.54. The summed E-state index contributed by atoms with van der Waals surface area (Å²) in [7, 11) is 0. The first-order chi connectivity index (χ1) is 6.88.